The number of hydrogen-bond donors (Lipinski definition) is 1. The van der Waals surface area contributed by atoms with Gasteiger partial charge in [0.25, 0.3) is 0 Å². The minimum atomic E-state index is 0.492. The molecule has 76 valence electrons. The predicted octanol–water partition coefficient (Wildman–Crippen LogP) is 2.43. The molecule has 1 N–H and O–H groups in total. The topological polar surface area (TPSA) is 21.3 Å². The lowest BCUT2D eigenvalue weighted by atomic mass is 9.99. The number of rotatable bonds is 2. The van der Waals surface area contributed by atoms with Crippen LogP contribution in [0.25, 0.3) is 0 Å². The molecule has 0 amide bonds. The van der Waals surface area contributed by atoms with Crippen molar-refractivity contribution in [1.82, 2.24) is 5.32 Å². The van der Waals surface area contributed by atoms with Crippen LogP contribution in [0, 0.1) is 6.92 Å². The molecule has 0 spiro atoms. The number of nitrogens with one attached hydrogen (secondary N) is 1. The fraction of sp³-hybridized carbons (Fsp3) is 0.500. The van der Waals surface area contributed by atoms with Crippen molar-refractivity contribution < 1.29 is 4.74 Å². The molecular weight excluding hydrogens is 174 g/mol. The Kier molecular flexibility index (Phi) is 2.73. The second-order valence-corrected chi connectivity index (χ2v) is 3.84. The lowest BCUT2D eigenvalue weighted by Crippen LogP contribution is -2.14. The highest BCUT2D eigenvalue weighted by Crippen LogP contribution is 2.33. The second kappa shape index (κ2) is 4.01. The predicted molar refractivity (Wildman–Crippen MR) is 57.7 cm³/mol. The van der Waals surface area contributed by atoms with Gasteiger partial charge in [-0.1, -0.05) is 12.1 Å². The average molecular weight is 191 g/mol. The Labute approximate surface area is 85.3 Å². The van der Waals surface area contributed by atoms with E-state index in [9.17, 15) is 0 Å². The van der Waals surface area contributed by atoms with Gasteiger partial charge in [-0.25, -0.2) is 0 Å². The summed E-state index contributed by atoms with van der Waals surface area (Å²) in [5, 5.41) is 3.51. The third-order valence-corrected chi connectivity index (χ3v) is 2.91. The summed E-state index contributed by atoms with van der Waals surface area (Å²) in [6.45, 7) is 3.28. The van der Waals surface area contributed by atoms with Gasteiger partial charge in [0.05, 0.1) is 7.11 Å². The maximum atomic E-state index is 5.40. The molecule has 1 saturated heterocycles. The molecule has 0 bridgehead atoms. The third kappa shape index (κ3) is 1.62. The van der Waals surface area contributed by atoms with E-state index in [2.05, 4.69) is 18.3 Å². The van der Waals surface area contributed by atoms with E-state index in [1.165, 1.54) is 24.0 Å². The van der Waals surface area contributed by atoms with Crippen LogP contribution in [0.1, 0.15) is 30.0 Å². The van der Waals surface area contributed by atoms with Gasteiger partial charge in [-0.15, -0.1) is 0 Å². The zero-order valence-corrected chi connectivity index (χ0v) is 8.84. The minimum absolute atomic E-state index is 0.492. The van der Waals surface area contributed by atoms with E-state index in [0.29, 0.717) is 6.04 Å². The largest absolute Gasteiger partial charge is 0.496 e. The van der Waals surface area contributed by atoms with Gasteiger partial charge in [0.2, 0.25) is 0 Å². The van der Waals surface area contributed by atoms with E-state index in [1.807, 2.05) is 12.1 Å². The number of ether oxygens (including phenoxy) is 1. The van der Waals surface area contributed by atoms with Crippen molar-refractivity contribution in [2.75, 3.05) is 13.7 Å². The summed E-state index contributed by atoms with van der Waals surface area (Å²) in [7, 11) is 1.74. The zero-order valence-electron chi connectivity index (χ0n) is 8.84. The molecule has 1 atom stereocenters. The first-order valence-electron chi connectivity index (χ1n) is 5.20. The van der Waals surface area contributed by atoms with Gasteiger partial charge in [-0.2, -0.15) is 0 Å². The fourth-order valence-corrected chi connectivity index (χ4v) is 2.21. The quantitative estimate of drug-likeness (QED) is 0.775. The fourth-order valence-electron chi connectivity index (χ4n) is 2.21. The van der Waals surface area contributed by atoms with E-state index >= 15 is 0 Å². The van der Waals surface area contributed by atoms with Gasteiger partial charge in [0, 0.05) is 11.6 Å². The van der Waals surface area contributed by atoms with Crippen LogP contribution in [-0.2, 0) is 0 Å². The van der Waals surface area contributed by atoms with Crippen molar-refractivity contribution in [1.29, 1.82) is 0 Å². The lowest BCUT2D eigenvalue weighted by molar-refractivity contribution is 0.402. The van der Waals surface area contributed by atoms with Crippen molar-refractivity contribution in [2.24, 2.45) is 0 Å². The van der Waals surface area contributed by atoms with Crippen molar-refractivity contribution >= 4 is 0 Å². The summed E-state index contributed by atoms with van der Waals surface area (Å²) in [5.74, 6) is 1.02. The van der Waals surface area contributed by atoms with Crippen LogP contribution in [0.3, 0.4) is 0 Å². The third-order valence-electron chi connectivity index (χ3n) is 2.91. The van der Waals surface area contributed by atoms with Crippen molar-refractivity contribution in [3.8, 4) is 5.75 Å². The molecule has 0 aliphatic carbocycles. The van der Waals surface area contributed by atoms with E-state index in [4.69, 9.17) is 4.74 Å². The molecule has 0 aromatic heterocycles. The van der Waals surface area contributed by atoms with Crippen LogP contribution in [0.2, 0.25) is 0 Å². The summed E-state index contributed by atoms with van der Waals surface area (Å²) >= 11 is 0. The van der Waals surface area contributed by atoms with Gasteiger partial charge in [-0.05, 0) is 37.9 Å². The van der Waals surface area contributed by atoms with E-state index in [0.717, 1.165) is 12.3 Å². The monoisotopic (exact) mass is 191 g/mol. The summed E-state index contributed by atoms with van der Waals surface area (Å²) in [4.78, 5) is 0. The Bertz CT molecular complexity index is 316. The first kappa shape index (κ1) is 9.53. The molecule has 0 saturated carbocycles. The minimum Gasteiger partial charge on any atom is -0.496 e. The highest BCUT2D eigenvalue weighted by molar-refractivity contribution is 5.42. The molecule has 1 fully saturated rings. The highest BCUT2D eigenvalue weighted by atomic mass is 16.5. The molecule has 2 heteroatoms. The van der Waals surface area contributed by atoms with Crippen LogP contribution in [0.4, 0.5) is 0 Å². The number of hydrogen-bond acceptors (Lipinski definition) is 2. The molecule has 2 rings (SSSR count). The molecule has 2 nitrogen and oxygen atoms in total. The molecule has 1 heterocycles. The Hall–Kier alpha value is -1.02. The number of methoxy groups -OCH3 is 1. The smallest absolute Gasteiger partial charge is 0.123 e. The molecule has 1 aliphatic rings. The Morgan fingerprint density at radius 3 is 2.93 bits per heavy atom. The summed E-state index contributed by atoms with van der Waals surface area (Å²) in [6, 6.07) is 6.73. The van der Waals surface area contributed by atoms with Gasteiger partial charge in [0.15, 0.2) is 0 Å². The van der Waals surface area contributed by atoms with Gasteiger partial charge < -0.3 is 10.1 Å². The van der Waals surface area contributed by atoms with Crippen molar-refractivity contribution in [3.63, 3.8) is 0 Å². The lowest BCUT2D eigenvalue weighted by Gasteiger charge is -2.17. The van der Waals surface area contributed by atoms with E-state index < -0.39 is 0 Å². The molecule has 14 heavy (non-hydrogen) atoms. The maximum absolute atomic E-state index is 5.40. The second-order valence-electron chi connectivity index (χ2n) is 3.84. The molecule has 0 unspecified atom stereocenters. The van der Waals surface area contributed by atoms with Crippen molar-refractivity contribution in [2.45, 2.75) is 25.8 Å². The van der Waals surface area contributed by atoms with E-state index in [-0.39, 0.29) is 0 Å². The molecule has 1 aromatic rings. The standard InChI is InChI=1S/C12H17NO/c1-9-5-3-7-11(14-2)12(9)10-6-4-8-13-10/h3,5,7,10,13H,4,6,8H2,1-2H3/t10-/m1/s1. The van der Waals surface area contributed by atoms with Gasteiger partial charge in [-0.3, -0.25) is 0 Å². The van der Waals surface area contributed by atoms with Crippen LogP contribution in [0.5, 0.6) is 5.75 Å². The van der Waals surface area contributed by atoms with Crippen LogP contribution >= 0.6 is 0 Å². The van der Waals surface area contributed by atoms with Crippen LogP contribution in [0.15, 0.2) is 18.2 Å². The van der Waals surface area contributed by atoms with E-state index in [1.54, 1.807) is 7.11 Å². The molecular formula is C12H17NO. The highest BCUT2D eigenvalue weighted by Gasteiger charge is 2.21. The summed E-state index contributed by atoms with van der Waals surface area (Å²) in [5.41, 5.74) is 2.66. The Morgan fingerprint density at radius 1 is 1.43 bits per heavy atom. The van der Waals surface area contributed by atoms with Gasteiger partial charge >= 0.3 is 0 Å². The van der Waals surface area contributed by atoms with Crippen molar-refractivity contribution in [3.05, 3.63) is 29.3 Å². The molecule has 0 radical (unpaired) electrons. The first-order valence-corrected chi connectivity index (χ1v) is 5.20. The molecule has 1 aliphatic heterocycles. The maximum Gasteiger partial charge on any atom is 0.123 e. The summed E-state index contributed by atoms with van der Waals surface area (Å²) < 4.78 is 5.40. The number of benzene rings is 1. The van der Waals surface area contributed by atoms with Crippen LogP contribution < -0.4 is 10.1 Å². The first-order chi connectivity index (χ1) is 6.83. The molecule has 1 aromatic carbocycles. The van der Waals surface area contributed by atoms with Crippen LogP contribution in [-0.4, -0.2) is 13.7 Å². The number of aryl methyl sites for hydroxylation is 1. The zero-order chi connectivity index (χ0) is 9.97. The Morgan fingerprint density at radius 2 is 2.29 bits per heavy atom. The normalized spacial score (nSPS) is 21.1. The Balaban J connectivity index is 2.37. The SMILES string of the molecule is COc1cccc(C)c1[C@H]1CCCN1. The van der Waals surface area contributed by atoms with Gasteiger partial charge in [0.1, 0.15) is 5.75 Å². The summed E-state index contributed by atoms with van der Waals surface area (Å²) in [6.07, 6.45) is 2.49. The average Bonchev–Trinajstić information content (AvgIpc) is 2.70.